The van der Waals surface area contributed by atoms with E-state index >= 15 is 0 Å². The fourth-order valence-electron chi connectivity index (χ4n) is 4.58. The lowest BCUT2D eigenvalue weighted by atomic mass is 9.99. The molecule has 12 heteroatoms. The maximum atomic E-state index is 12.4. The average molecular weight is 584 g/mol. The minimum absolute atomic E-state index is 0.0821. The van der Waals surface area contributed by atoms with E-state index in [1.165, 1.54) is 29.8 Å². The van der Waals surface area contributed by atoms with Gasteiger partial charge >= 0.3 is 6.09 Å². The molecule has 12 nitrogen and oxygen atoms in total. The smallest absolute Gasteiger partial charge is 0.411 e. The van der Waals surface area contributed by atoms with Gasteiger partial charge in [-0.1, -0.05) is 38.1 Å². The van der Waals surface area contributed by atoms with Gasteiger partial charge < -0.3 is 29.9 Å². The number of ether oxygens (including phenoxy) is 2. The van der Waals surface area contributed by atoms with Crippen LogP contribution in [0.1, 0.15) is 35.3 Å². The van der Waals surface area contributed by atoms with Gasteiger partial charge in [0.1, 0.15) is 31.0 Å². The lowest BCUT2D eigenvalue weighted by Gasteiger charge is -2.39. The normalized spacial score (nSPS) is 22.2. The summed E-state index contributed by atoms with van der Waals surface area (Å²) in [5.41, 5.74) is 4.75. The molecule has 0 bridgehead atoms. The summed E-state index contributed by atoms with van der Waals surface area (Å²) in [4.78, 5) is 32.2. The number of carbonyl (C=O) groups is 2. The summed E-state index contributed by atoms with van der Waals surface area (Å²) >= 11 is 0. The predicted molar refractivity (Wildman–Crippen MR) is 153 cm³/mol. The van der Waals surface area contributed by atoms with Crippen LogP contribution in [0.2, 0.25) is 0 Å². The zero-order valence-electron chi connectivity index (χ0n) is 23.5. The van der Waals surface area contributed by atoms with Crippen molar-refractivity contribution in [3.63, 3.8) is 0 Å². The topological polar surface area (TPSA) is 170 Å². The van der Waals surface area contributed by atoms with Crippen LogP contribution in [0.25, 0.3) is 10.8 Å². The lowest BCUT2D eigenvalue weighted by Crippen LogP contribution is -2.60. The summed E-state index contributed by atoms with van der Waals surface area (Å²) in [6.07, 6.45) is -8.19. The molecule has 42 heavy (non-hydrogen) atoms. The largest absolute Gasteiger partial charge is 0.444 e. The fraction of sp³-hybridized carbons (Fsp3) is 0.400. The molecular formula is C30H37N3O9. The number of carbonyl (C=O) groups excluding carboxylic acids is 2. The molecule has 3 aromatic rings. The number of rotatable bonds is 11. The lowest BCUT2D eigenvalue weighted by molar-refractivity contribution is -0.311. The number of aliphatic hydroxyl groups is 4. The zero-order chi connectivity index (χ0) is 30.2. The highest BCUT2D eigenvalue weighted by Gasteiger charge is 2.44. The van der Waals surface area contributed by atoms with Gasteiger partial charge in [0.15, 0.2) is 0 Å². The van der Waals surface area contributed by atoms with Crippen LogP contribution in [0.4, 0.5) is 10.5 Å². The quantitative estimate of drug-likeness (QED) is 0.183. The van der Waals surface area contributed by atoms with Crippen molar-refractivity contribution in [3.05, 3.63) is 77.4 Å². The Hall–Kier alpha value is -3.62. The molecule has 1 aliphatic heterocycles. The van der Waals surface area contributed by atoms with Crippen LogP contribution in [0, 0.1) is 0 Å². The molecule has 5 atom stereocenters. The van der Waals surface area contributed by atoms with Crippen molar-refractivity contribution >= 4 is 28.5 Å². The SMILES string of the molecule is CCN(CC)Cc1ccc2cc(COC(=O)Nc3ccc(C(=O)NO[C@@H]4O[C@H](CO)[C@H](O)[C@H](O)[C@H]4O)cc3)ccc2c1. The minimum Gasteiger partial charge on any atom is -0.444 e. The van der Waals surface area contributed by atoms with E-state index in [0.29, 0.717) is 5.69 Å². The Morgan fingerprint density at radius 1 is 0.881 bits per heavy atom. The van der Waals surface area contributed by atoms with Crippen LogP contribution in [0.3, 0.4) is 0 Å². The molecule has 0 unspecified atom stereocenters. The molecule has 0 spiro atoms. The summed E-state index contributed by atoms with van der Waals surface area (Å²) in [5, 5.41) is 43.6. The van der Waals surface area contributed by atoms with Crippen molar-refractivity contribution in [2.45, 2.75) is 57.7 Å². The van der Waals surface area contributed by atoms with E-state index in [0.717, 1.165) is 36.0 Å². The number of aliphatic hydroxyl groups excluding tert-OH is 4. The van der Waals surface area contributed by atoms with Crippen LogP contribution >= 0.6 is 0 Å². The van der Waals surface area contributed by atoms with Crippen LogP contribution < -0.4 is 10.8 Å². The molecule has 6 N–H and O–H groups in total. The van der Waals surface area contributed by atoms with Gasteiger partial charge in [-0.15, -0.1) is 0 Å². The Morgan fingerprint density at radius 2 is 1.52 bits per heavy atom. The Bertz CT molecular complexity index is 1350. The maximum absolute atomic E-state index is 12.4. The molecule has 1 fully saturated rings. The molecule has 0 saturated carbocycles. The molecule has 1 heterocycles. The Balaban J connectivity index is 1.25. The second-order valence-electron chi connectivity index (χ2n) is 10.0. The third-order valence-electron chi connectivity index (χ3n) is 7.15. The standard InChI is InChI=1S/C30H37N3O9/c1-3-33(4-2)15-18-5-7-22-14-19(6-8-21(22)13-18)17-40-30(39)31-23-11-9-20(10-12-23)28(38)32-42-29-27(37)26(36)25(35)24(16-34)41-29/h5-14,24-27,29,34-37H,3-4,15-17H2,1-2H3,(H,31,39)(H,32,38)/t24-,25+,26+,27-,29+/m1/s1. The summed E-state index contributed by atoms with van der Waals surface area (Å²) in [6, 6.07) is 18.2. The van der Waals surface area contributed by atoms with Gasteiger partial charge in [0.2, 0.25) is 6.29 Å². The molecule has 0 aromatic heterocycles. The van der Waals surface area contributed by atoms with Gasteiger partial charge in [-0.2, -0.15) is 0 Å². The van der Waals surface area contributed by atoms with Gasteiger partial charge in [-0.05, 0) is 71.4 Å². The molecule has 226 valence electrons. The first-order chi connectivity index (χ1) is 20.2. The van der Waals surface area contributed by atoms with E-state index in [9.17, 15) is 30.0 Å². The first-order valence-corrected chi connectivity index (χ1v) is 13.8. The zero-order valence-corrected chi connectivity index (χ0v) is 23.5. The second kappa shape index (κ2) is 14.5. The summed E-state index contributed by atoms with van der Waals surface area (Å²) in [5.74, 6) is -0.697. The summed E-state index contributed by atoms with van der Waals surface area (Å²) in [7, 11) is 0. The second-order valence-corrected chi connectivity index (χ2v) is 10.0. The third-order valence-corrected chi connectivity index (χ3v) is 7.15. The molecule has 1 saturated heterocycles. The maximum Gasteiger partial charge on any atom is 0.411 e. The number of amides is 2. The first kappa shape index (κ1) is 31.3. The Kier molecular flexibility index (Phi) is 10.8. The van der Waals surface area contributed by atoms with Crippen LogP contribution in [-0.4, -0.2) is 87.7 Å². The van der Waals surface area contributed by atoms with Crippen molar-refractivity contribution < 1.29 is 44.3 Å². The highest BCUT2D eigenvalue weighted by molar-refractivity contribution is 5.94. The Morgan fingerprint density at radius 3 is 2.17 bits per heavy atom. The third kappa shape index (κ3) is 7.81. The summed E-state index contributed by atoms with van der Waals surface area (Å²) in [6.45, 7) is 6.64. The number of hydrogen-bond acceptors (Lipinski definition) is 10. The number of anilines is 1. The van der Waals surface area contributed by atoms with E-state index in [1.54, 1.807) is 0 Å². The van der Waals surface area contributed by atoms with Crippen molar-refractivity contribution in [1.82, 2.24) is 10.4 Å². The number of hydroxylamine groups is 1. The van der Waals surface area contributed by atoms with Gasteiger partial charge in [-0.25, -0.2) is 15.1 Å². The van der Waals surface area contributed by atoms with E-state index in [4.69, 9.17) is 14.3 Å². The predicted octanol–water partition coefficient (Wildman–Crippen LogP) is 1.89. The fourth-order valence-corrected chi connectivity index (χ4v) is 4.58. The monoisotopic (exact) mass is 583 g/mol. The van der Waals surface area contributed by atoms with E-state index in [2.05, 4.69) is 47.7 Å². The highest BCUT2D eigenvalue weighted by Crippen LogP contribution is 2.22. The molecule has 0 radical (unpaired) electrons. The van der Waals surface area contributed by atoms with Gasteiger partial charge in [0, 0.05) is 17.8 Å². The van der Waals surface area contributed by atoms with Gasteiger partial charge in [-0.3, -0.25) is 15.0 Å². The van der Waals surface area contributed by atoms with Crippen molar-refractivity contribution in [2.75, 3.05) is 25.0 Å². The molecular weight excluding hydrogens is 546 g/mol. The number of hydrogen-bond donors (Lipinski definition) is 6. The minimum atomic E-state index is -1.66. The Labute approximate surface area is 243 Å². The number of nitrogens with one attached hydrogen (secondary N) is 2. The van der Waals surface area contributed by atoms with Crippen molar-refractivity contribution in [1.29, 1.82) is 0 Å². The number of benzene rings is 3. The van der Waals surface area contributed by atoms with Crippen LogP contribution in [0.5, 0.6) is 0 Å². The average Bonchev–Trinajstić information content (AvgIpc) is 3.01. The van der Waals surface area contributed by atoms with E-state index in [1.807, 2.05) is 18.2 Å². The van der Waals surface area contributed by atoms with E-state index in [-0.39, 0.29) is 12.2 Å². The summed E-state index contributed by atoms with van der Waals surface area (Å²) < 4.78 is 10.5. The van der Waals surface area contributed by atoms with E-state index < -0.39 is 49.3 Å². The van der Waals surface area contributed by atoms with Crippen molar-refractivity contribution in [3.8, 4) is 0 Å². The highest BCUT2D eigenvalue weighted by atomic mass is 16.8. The molecule has 0 aliphatic carbocycles. The molecule has 3 aromatic carbocycles. The van der Waals surface area contributed by atoms with Gasteiger partial charge in [0.05, 0.1) is 6.61 Å². The molecule has 4 rings (SSSR count). The molecule has 2 amide bonds. The number of nitrogens with zero attached hydrogens (tertiary/aromatic N) is 1. The van der Waals surface area contributed by atoms with Gasteiger partial charge in [0.25, 0.3) is 5.91 Å². The first-order valence-electron chi connectivity index (χ1n) is 13.8. The molecule has 1 aliphatic rings. The number of fused-ring (bicyclic) bond motifs is 1. The van der Waals surface area contributed by atoms with Crippen LogP contribution in [0.15, 0.2) is 60.7 Å². The van der Waals surface area contributed by atoms with Crippen LogP contribution in [-0.2, 0) is 27.5 Å². The van der Waals surface area contributed by atoms with Crippen molar-refractivity contribution in [2.24, 2.45) is 0 Å².